The Morgan fingerprint density at radius 2 is 1.65 bits per heavy atom. The van der Waals surface area contributed by atoms with Gasteiger partial charge in [-0.05, 0) is 38.7 Å². The Bertz CT molecular complexity index is 563. The molecule has 1 aromatic rings. The number of rotatable bonds is 9. The van der Waals surface area contributed by atoms with Gasteiger partial charge in [0.2, 0.25) is 0 Å². The van der Waals surface area contributed by atoms with E-state index >= 15 is 0 Å². The average Bonchev–Trinajstić information content (AvgIpc) is 2.55. The molecule has 0 aliphatic heterocycles. The van der Waals surface area contributed by atoms with Crippen molar-refractivity contribution in [3.63, 3.8) is 0 Å². The molecule has 0 saturated carbocycles. The molecule has 0 spiro atoms. The van der Waals surface area contributed by atoms with Gasteiger partial charge in [0, 0.05) is 6.54 Å². The van der Waals surface area contributed by atoms with Crippen molar-refractivity contribution in [1.29, 1.82) is 0 Å². The molecule has 0 radical (unpaired) electrons. The average molecular weight is 363 g/mol. The van der Waals surface area contributed by atoms with Crippen molar-refractivity contribution in [2.24, 2.45) is 11.8 Å². The molecular weight excluding hydrogens is 330 g/mol. The van der Waals surface area contributed by atoms with E-state index in [-0.39, 0.29) is 24.5 Å². The number of ether oxygens (including phenoxy) is 2. The van der Waals surface area contributed by atoms with E-state index < -0.39 is 11.6 Å². The monoisotopic (exact) mass is 363 g/mol. The first-order valence-electron chi connectivity index (χ1n) is 9.25. The van der Waals surface area contributed by atoms with Crippen LogP contribution in [0.5, 0.6) is 0 Å². The molecule has 1 N–H and O–H groups in total. The van der Waals surface area contributed by atoms with E-state index in [9.17, 15) is 9.59 Å². The lowest BCUT2D eigenvalue weighted by Gasteiger charge is -2.26. The third kappa shape index (κ3) is 8.99. The number of esters is 2. The second-order valence-electron chi connectivity index (χ2n) is 8.12. The Morgan fingerprint density at radius 3 is 2.19 bits per heavy atom. The third-order valence-corrected chi connectivity index (χ3v) is 3.70. The molecule has 5 heteroatoms. The van der Waals surface area contributed by atoms with E-state index in [0.29, 0.717) is 18.9 Å². The van der Waals surface area contributed by atoms with Crippen LogP contribution < -0.4 is 5.32 Å². The zero-order valence-corrected chi connectivity index (χ0v) is 16.9. The highest BCUT2D eigenvalue weighted by Gasteiger charge is 2.27. The second-order valence-corrected chi connectivity index (χ2v) is 8.12. The van der Waals surface area contributed by atoms with Gasteiger partial charge in [0.05, 0.1) is 5.92 Å². The van der Waals surface area contributed by atoms with Gasteiger partial charge in [-0.2, -0.15) is 0 Å². The van der Waals surface area contributed by atoms with Crippen LogP contribution in [0.15, 0.2) is 30.3 Å². The van der Waals surface area contributed by atoms with Crippen LogP contribution in [0, 0.1) is 11.8 Å². The Hall–Kier alpha value is -1.88. The Balaban J connectivity index is 2.52. The summed E-state index contributed by atoms with van der Waals surface area (Å²) >= 11 is 0. The minimum Gasteiger partial charge on any atom is -0.461 e. The fourth-order valence-corrected chi connectivity index (χ4v) is 2.38. The van der Waals surface area contributed by atoms with E-state index in [1.807, 2.05) is 51.1 Å². The van der Waals surface area contributed by atoms with E-state index in [0.717, 1.165) is 5.56 Å². The standard InChI is InChI=1S/C21H33NO4/c1-15(2)12-18(20(24)26-21(4,5)6)22-13-16(3)19(23)25-14-17-10-8-7-9-11-17/h7-11,15-16,18,22H,12-14H2,1-6H3. The highest BCUT2D eigenvalue weighted by atomic mass is 16.6. The normalized spacial score (nSPS) is 14.0. The Labute approximate surface area is 157 Å². The minimum absolute atomic E-state index is 0.255. The minimum atomic E-state index is -0.534. The van der Waals surface area contributed by atoms with Gasteiger partial charge in [-0.15, -0.1) is 0 Å². The van der Waals surface area contributed by atoms with Gasteiger partial charge >= 0.3 is 11.9 Å². The quantitative estimate of drug-likeness (QED) is 0.678. The summed E-state index contributed by atoms with van der Waals surface area (Å²) in [5, 5.41) is 3.18. The first-order valence-corrected chi connectivity index (χ1v) is 9.25. The van der Waals surface area contributed by atoms with Crippen molar-refractivity contribution in [3.05, 3.63) is 35.9 Å². The van der Waals surface area contributed by atoms with Crippen LogP contribution in [0.25, 0.3) is 0 Å². The molecule has 5 nitrogen and oxygen atoms in total. The lowest BCUT2D eigenvalue weighted by molar-refractivity contribution is -0.158. The molecule has 1 rings (SSSR count). The van der Waals surface area contributed by atoms with Gasteiger partial charge in [0.1, 0.15) is 18.2 Å². The van der Waals surface area contributed by atoms with E-state index in [2.05, 4.69) is 19.2 Å². The highest BCUT2D eigenvalue weighted by Crippen LogP contribution is 2.13. The van der Waals surface area contributed by atoms with E-state index in [1.165, 1.54) is 0 Å². The third-order valence-electron chi connectivity index (χ3n) is 3.70. The highest BCUT2D eigenvalue weighted by molar-refractivity contribution is 5.76. The van der Waals surface area contributed by atoms with Crippen molar-refractivity contribution in [2.75, 3.05) is 6.54 Å². The number of hydrogen-bond acceptors (Lipinski definition) is 5. The topological polar surface area (TPSA) is 64.6 Å². The smallest absolute Gasteiger partial charge is 0.323 e. The zero-order chi connectivity index (χ0) is 19.7. The largest absolute Gasteiger partial charge is 0.461 e. The van der Waals surface area contributed by atoms with Gasteiger partial charge in [-0.3, -0.25) is 9.59 Å². The molecule has 2 unspecified atom stereocenters. The van der Waals surface area contributed by atoms with E-state index in [1.54, 1.807) is 6.92 Å². The SMILES string of the molecule is CC(C)CC(NCC(C)C(=O)OCc1ccccc1)C(=O)OC(C)(C)C. The van der Waals surface area contributed by atoms with Crippen molar-refractivity contribution < 1.29 is 19.1 Å². The molecule has 0 heterocycles. The van der Waals surface area contributed by atoms with Gasteiger partial charge in [-0.25, -0.2) is 0 Å². The van der Waals surface area contributed by atoms with Crippen LogP contribution in [0.1, 0.15) is 53.5 Å². The molecule has 0 aromatic heterocycles. The number of benzene rings is 1. The van der Waals surface area contributed by atoms with Gasteiger partial charge in [0.15, 0.2) is 0 Å². The number of nitrogens with one attached hydrogen (secondary N) is 1. The first-order chi connectivity index (χ1) is 12.1. The van der Waals surface area contributed by atoms with Crippen molar-refractivity contribution in [1.82, 2.24) is 5.32 Å². The van der Waals surface area contributed by atoms with Gasteiger partial charge < -0.3 is 14.8 Å². The number of carbonyl (C=O) groups excluding carboxylic acids is 2. The maximum atomic E-state index is 12.4. The molecule has 0 aliphatic rings. The summed E-state index contributed by atoms with van der Waals surface area (Å²) < 4.78 is 10.8. The summed E-state index contributed by atoms with van der Waals surface area (Å²) in [5.41, 5.74) is 0.418. The predicted molar refractivity (Wildman–Crippen MR) is 102 cm³/mol. The molecule has 26 heavy (non-hydrogen) atoms. The first kappa shape index (κ1) is 22.2. The zero-order valence-electron chi connectivity index (χ0n) is 16.9. The molecule has 1 aromatic carbocycles. The van der Waals surface area contributed by atoms with Crippen LogP contribution in [0.2, 0.25) is 0 Å². The Kier molecular flexibility index (Phi) is 8.79. The lowest BCUT2D eigenvalue weighted by atomic mass is 10.0. The number of carbonyl (C=O) groups is 2. The molecule has 0 fully saturated rings. The Morgan fingerprint density at radius 1 is 1.04 bits per heavy atom. The summed E-state index contributed by atoms with van der Waals surface area (Å²) in [4.78, 5) is 24.6. The summed E-state index contributed by atoms with van der Waals surface area (Å²) in [5.74, 6) is -0.582. The van der Waals surface area contributed by atoms with Crippen LogP contribution in [-0.4, -0.2) is 30.1 Å². The molecule has 0 amide bonds. The van der Waals surface area contributed by atoms with Crippen molar-refractivity contribution in [2.45, 2.75) is 66.2 Å². The van der Waals surface area contributed by atoms with Crippen molar-refractivity contribution in [3.8, 4) is 0 Å². The molecule has 0 saturated heterocycles. The fourth-order valence-electron chi connectivity index (χ4n) is 2.38. The molecule has 146 valence electrons. The van der Waals surface area contributed by atoms with Crippen LogP contribution in [-0.2, 0) is 25.7 Å². The van der Waals surface area contributed by atoms with E-state index in [4.69, 9.17) is 9.47 Å². The van der Waals surface area contributed by atoms with Crippen LogP contribution in [0.4, 0.5) is 0 Å². The fraction of sp³-hybridized carbons (Fsp3) is 0.619. The summed E-state index contributed by atoms with van der Waals surface area (Å²) in [7, 11) is 0. The lowest BCUT2D eigenvalue weighted by Crippen LogP contribution is -2.44. The van der Waals surface area contributed by atoms with Crippen molar-refractivity contribution >= 4 is 11.9 Å². The molecule has 2 atom stereocenters. The van der Waals surface area contributed by atoms with Crippen LogP contribution >= 0.6 is 0 Å². The predicted octanol–water partition coefficient (Wildman–Crippen LogP) is 3.71. The van der Waals surface area contributed by atoms with Crippen LogP contribution in [0.3, 0.4) is 0 Å². The molecule has 0 aliphatic carbocycles. The maximum Gasteiger partial charge on any atom is 0.323 e. The maximum absolute atomic E-state index is 12.4. The number of hydrogen-bond donors (Lipinski definition) is 1. The molecule has 0 bridgehead atoms. The summed E-state index contributed by atoms with van der Waals surface area (Å²) in [6.07, 6.45) is 0.653. The summed E-state index contributed by atoms with van der Waals surface area (Å²) in [6, 6.07) is 9.13. The van der Waals surface area contributed by atoms with Gasteiger partial charge in [-0.1, -0.05) is 51.1 Å². The second kappa shape index (κ2) is 10.3. The van der Waals surface area contributed by atoms with Gasteiger partial charge in [0.25, 0.3) is 0 Å². The summed E-state index contributed by atoms with van der Waals surface area (Å²) in [6.45, 7) is 12.1. The molecular formula is C21H33NO4.